The maximum absolute atomic E-state index is 13.9. The summed E-state index contributed by atoms with van der Waals surface area (Å²) in [7, 11) is 0. The number of amides is 1. The van der Waals surface area contributed by atoms with E-state index in [0.717, 1.165) is 11.3 Å². The molecule has 0 unspecified atom stereocenters. The van der Waals surface area contributed by atoms with Crippen molar-refractivity contribution >= 4 is 40.5 Å². The fraction of sp³-hybridized carbons (Fsp3) is 0.0526. The van der Waals surface area contributed by atoms with Crippen LogP contribution in [-0.2, 0) is 10.5 Å². The second-order valence-electron chi connectivity index (χ2n) is 5.82. The highest BCUT2D eigenvalue weighted by atomic mass is 35.5. The van der Waals surface area contributed by atoms with Crippen molar-refractivity contribution in [3.8, 4) is 5.69 Å². The second kappa shape index (κ2) is 7.95. The molecule has 1 aromatic heterocycles. The minimum absolute atomic E-state index is 0.268. The Balaban J connectivity index is 1.47. The molecule has 0 saturated carbocycles. The lowest BCUT2D eigenvalue weighted by atomic mass is 10.2. The van der Waals surface area contributed by atoms with Crippen LogP contribution in [-0.4, -0.2) is 25.8 Å². The third-order valence-electron chi connectivity index (χ3n) is 3.97. The fourth-order valence-electron chi connectivity index (χ4n) is 2.55. The number of nitrogens with one attached hydrogen (secondary N) is 1. The summed E-state index contributed by atoms with van der Waals surface area (Å²) in [5, 5.41) is 7.51. The van der Waals surface area contributed by atoms with E-state index in [0.29, 0.717) is 15.8 Å². The standard InChI is InChI=1S/C19H13ClFN5OS/c20-15-2-1-3-16(21)14(15)9-28-19-24-17(18(27)25-19)8-12-4-6-13(7-5-12)26-11-22-10-23-26/h1-8,10-11H,9H2,(H,24,25,27)/b17-8+. The van der Waals surface area contributed by atoms with E-state index in [1.54, 1.807) is 29.2 Å². The first kappa shape index (κ1) is 18.4. The van der Waals surface area contributed by atoms with Gasteiger partial charge in [-0.15, -0.1) is 0 Å². The summed E-state index contributed by atoms with van der Waals surface area (Å²) in [5.41, 5.74) is 2.35. The van der Waals surface area contributed by atoms with Crippen molar-refractivity contribution in [2.45, 2.75) is 5.75 Å². The lowest BCUT2D eigenvalue weighted by molar-refractivity contribution is -0.115. The lowest BCUT2D eigenvalue weighted by Gasteiger charge is -2.05. The van der Waals surface area contributed by atoms with Crippen LogP contribution in [0.1, 0.15) is 11.1 Å². The number of carbonyl (C=O) groups excluding carboxylic acids is 1. The number of aromatic nitrogens is 3. The summed E-state index contributed by atoms with van der Waals surface area (Å²) in [6.45, 7) is 0. The van der Waals surface area contributed by atoms with E-state index in [1.165, 1.54) is 24.2 Å². The summed E-state index contributed by atoms with van der Waals surface area (Å²) in [4.78, 5) is 20.4. The van der Waals surface area contributed by atoms with E-state index < -0.39 is 0 Å². The van der Waals surface area contributed by atoms with Gasteiger partial charge in [0.15, 0.2) is 5.17 Å². The predicted molar refractivity (Wildman–Crippen MR) is 108 cm³/mol. The molecule has 28 heavy (non-hydrogen) atoms. The number of nitrogens with zero attached hydrogens (tertiary/aromatic N) is 4. The van der Waals surface area contributed by atoms with Gasteiger partial charge in [0.1, 0.15) is 24.2 Å². The molecule has 0 radical (unpaired) electrons. The molecule has 140 valence electrons. The van der Waals surface area contributed by atoms with Gasteiger partial charge in [-0.25, -0.2) is 19.0 Å². The first-order valence-electron chi connectivity index (χ1n) is 8.22. The topological polar surface area (TPSA) is 72.2 Å². The molecule has 1 aliphatic heterocycles. The van der Waals surface area contributed by atoms with E-state index in [4.69, 9.17) is 11.6 Å². The normalized spacial score (nSPS) is 15.0. The Morgan fingerprint density at radius 3 is 2.75 bits per heavy atom. The summed E-state index contributed by atoms with van der Waals surface area (Å²) >= 11 is 7.25. The van der Waals surface area contributed by atoms with Crippen molar-refractivity contribution < 1.29 is 9.18 Å². The Hall–Kier alpha value is -2.97. The number of carbonyl (C=O) groups is 1. The zero-order valence-electron chi connectivity index (χ0n) is 14.3. The van der Waals surface area contributed by atoms with E-state index in [1.807, 2.05) is 24.3 Å². The summed E-state index contributed by atoms with van der Waals surface area (Å²) in [5.74, 6) is -0.416. The lowest BCUT2D eigenvalue weighted by Crippen LogP contribution is -2.21. The van der Waals surface area contributed by atoms with Crippen LogP contribution in [0, 0.1) is 5.82 Å². The Morgan fingerprint density at radius 1 is 1.21 bits per heavy atom. The molecule has 1 amide bonds. The molecule has 2 heterocycles. The van der Waals surface area contributed by atoms with Gasteiger partial charge in [-0.2, -0.15) is 5.10 Å². The van der Waals surface area contributed by atoms with Gasteiger partial charge in [0, 0.05) is 16.3 Å². The SMILES string of the molecule is O=C1NC(SCc2c(F)cccc2Cl)=N/C1=C/c1ccc(-n2cncn2)cc1. The van der Waals surface area contributed by atoms with Gasteiger partial charge in [0.25, 0.3) is 5.91 Å². The highest BCUT2D eigenvalue weighted by Gasteiger charge is 2.21. The second-order valence-corrected chi connectivity index (χ2v) is 7.19. The molecule has 4 rings (SSSR count). The van der Waals surface area contributed by atoms with Gasteiger partial charge in [0.2, 0.25) is 0 Å². The molecule has 9 heteroatoms. The molecule has 0 fully saturated rings. The number of aliphatic imine (C=N–C) groups is 1. The van der Waals surface area contributed by atoms with Crippen LogP contribution < -0.4 is 5.32 Å². The Labute approximate surface area is 169 Å². The van der Waals surface area contributed by atoms with E-state index in [-0.39, 0.29) is 23.2 Å². The van der Waals surface area contributed by atoms with Gasteiger partial charge in [-0.3, -0.25) is 10.1 Å². The zero-order valence-corrected chi connectivity index (χ0v) is 15.9. The van der Waals surface area contributed by atoms with Crippen molar-refractivity contribution in [3.63, 3.8) is 0 Å². The number of thioether (sulfide) groups is 1. The monoisotopic (exact) mass is 413 g/mol. The van der Waals surface area contributed by atoms with Crippen molar-refractivity contribution in [2.24, 2.45) is 4.99 Å². The molecule has 1 N–H and O–H groups in total. The Morgan fingerprint density at radius 2 is 2.04 bits per heavy atom. The Bertz CT molecular complexity index is 1060. The molecule has 0 aliphatic carbocycles. The molecule has 6 nitrogen and oxygen atoms in total. The van der Waals surface area contributed by atoms with Crippen LogP contribution in [0.3, 0.4) is 0 Å². The molecule has 0 atom stereocenters. The van der Waals surface area contributed by atoms with E-state index in [2.05, 4.69) is 20.4 Å². The van der Waals surface area contributed by atoms with Crippen molar-refractivity contribution in [2.75, 3.05) is 0 Å². The maximum atomic E-state index is 13.9. The number of rotatable bonds is 4. The molecule has 1 aliphatic rings. The third kappa shape index (κ3) is 3.97. The largest absolute Gasteiger partial charge is 0.300 e. The van der Waals surface area contributed by atoms with Crippen LogP contribution in [0.25, 0.3) is 11.8 Å². The van der Waals surface area contributed by atoms with Gasteiger partial charge in [0.05, 0.1) is 5.69 Å². The molecule has 2 aromatic carbocycles. The molecule has 0 bridgehead atoms. The number of hydrogen-bond acceptors (Lipinski definition) is 5. The average Bonchev–Trinajstić information content (AvgIpc) is 3.33. The number of benzene rings is 2. The van der Waals surface area contributed by atoms with Gasteiger partial charge < -0.3 is 0 Å². The fourth-order valence-corrected chi connectivity index (χ4v) is 3.76. The minimum atomic E-state index is -0.381. The zero-order chi connectivity index (χ0) is 19.5. The van der Waals surface area contributed by atoms with E-state index in [9.17, 15) is 9.18 Å². The number of hydrogen-bond donors (Lipinski definition) is 1. The van der Waals surface area contributed by atoms with Crippen molar-refractivity contribution in [3.05, 3.63) is 82.8 Å². The number of amidine groups is 1. The summed E-state index contributed by atoms with van der Waals surface area (Å²) in [6, 6.07) is 12.0. The van der Waals surface area contributed by atoms with E-state index >= 15 is 0 Å². The van der Waals surface area contributed by atoms with Gasteiger partial charge in [-0.05, 0) is 35.9 Å². The average molecular weight is 414 g/mol. The summed E-state index contributed by atoms with van der Waals surface area (Å²) < 4.78 is 15.5. The smallest absolute Gasteiger partial charge is 0.275 e. The minimum Gasteiger partial charge on any atom is -0.300 e. The first-order chi connectivity index (χ1) is 13.6. The third-order valence-corrected chi connectivity index (χ3v) is 5.22. The van der Waals surface area contributed by atoms with Crippen molar-refractivity contribution in [1.29, 1.82) is 0 Å². The van der Waals surface area contributed by atoms with Crippen LogP contribution >= 0.6 is 23.4 Å². The molecule has 0 saturated heterocycles. The quantitative estimate of drug-likeness (QED) is 0.660. The van der Waals surface area contributed by atoms with Crippen LogP contribution in [0.4, 0.5) is 4.39 Å². The van der Waals surface area contributed by atoms with Crippen LogP contribution in [0.5, 0.6) is 0 Å². The highest BCUT2D eigenvalue weighted by Crippen LogP contribution is 2.26. The molecular formula is C19H13ClFN5OS. The number of halogens is 2. The van der Waals surface area contributed by atoms with Gasteiger partial charge in [-0.1, -0.05) is 41.6 Å². The Kier molecular flexibility index (Phi) is 5.23. The molecular weight excluding hydrogens is 401 g/mol. The van der Waals surface area contributed by atoms with Crippen LogP contribution in [0.15, 0.2) is 65.8 Å². The molecule has 0 spiro atoms. The van der Waals surface area contributed by atoms with Crippen LogP contribution in [0.2, 0.25) is 5.02 Å². The van der Waals surface area contributed by atoms with Crippen molar-refractivity contribution in [1.82, 2.24) is 20.1 Å². The highest BCUT2D eigenvalue weighted by molar-refractivity contribution is 8.13. The first-order valence-corrected chi connectivity index (χ1v) is 9.59. The molecule has 3 aromatic rings. The van der Waals surface area contributed by atoms with Gasteiger partial charge >= 0.3 is 0 Å². The summed E-state index contributed by atoms with van der Waals surface area (Å²) in [6.07, 6.45) is 4.75. The predicted octanol–water partition coefficient (Wildman–Crippen LogP) is 3.82. The maximum Gasteiger partial charge on any atom is 0.275 e.